The zero-order valence-electron chi connectivity index (χ0n) is 12.7. The molecule has 0 bridgehead atoms. The summed E-state index contributed by atoms with van der Waals surface area (Å²) in [7, 11) is -5.28. The normalized spacial score (nSPS) is 24.7. The molecule has 6 nitrogen and oxygen atoms in total. The van der Waals surface area contributed by atoms with Gasteiger partial charge in [0.2, 0.25) is 0 Å². The van der Waals surface area contributed by atoms with Gasteiger partial charge in [0.1, 0.15) is 0 Å². The number of pyridine rings is 1. The zero-order chi connectivity index (χ0) is 17.4. The average Bonchev–Trinajstić information content (AvgIpc) is 2.50. The van der Waals surface area contributed by atoms with Crippen LogP contribution in [-0.4, -0.2) is 54.6 Å². The molecule has 1 atom stereocenters. The van der Waals surface area contributed by atoms with E-state index in [1.165, 1.54) is 0 Å². The van der Waals surface area contributed by atoms with Gasteiger partial charge in [-0.2, -0.15) is 17.5 Å². The van der Waals surface area contributed by atoms with Gasteiger partial charge < -0.3 is 9.47 Å². The lowest BCUT2D eigenvalue weighted by Crippen LogP contribution is -2.68. The minimum atomic E-state index is -5.28. The molecule has 2 aliphatic rings. The van der Waals surface area contributed by atoms with Crippen molar-refractivity contribution in [3.8, 4) is 0 Å². The SMILES string of the molecule is O=S(=O)(N1CC2(CC(OCc3cccnc3)CCO2)C1)C(F)(F)F. The molecule has 1 aromatic rings. The summed E-state index contributed by atoms with van der Waals surface area (Å²) in [6, 6.07) is 3.65. The van der Waals surface area contributed by atoms with Crippen LogP contribution in [0.4, 0.5) is 13.2 Å². The van der Waals surface area contributed by atoms with Crippen LogP contribution in [0.1, 0.15) is 18.4 Å². The van der Waals surface area contributed by atoms with Crippen LogP contribution in [0.2, 0.25) is 0 Å². The first-order valence-corrected chi connectivity index (χ1v) is 8.87. The van der Waals surface area contributed by atoms with Crippen molar-refractivity contribution in [1.82, 2.24) is 9.29 Å². The summed E-state index contributed by atoms with van der Waals surface area (Å²) in [5.41, 5.74) is -5.26. The molecule has 0 aliphatic carbocycles. The monoisotopic (exact) mass is 366 g/mol. The first kappa shape index (κ1) is 17.6. The topological polar surface area (TPSA) is 68.7 Å². The fourth-order valence-corrected chi connectivity index (χ4v) is 4.06. The van der Waals surface area contributed by atoms with Crippen LogP contribution in [0.5, 0.6) is 0 Å². The van der Waals surface area contributed by atoms with Crippen LogP contribution >= 0.6 is 0 Å². The van der Waals surface area contributed by atoms with E-state index >= 15 is 0 Å². The molecule has 3 heterocycles. The molecular weight excluding hydrogens is 349 g/mol. The molecule has 2 fully saturated rings. The van der Waals surface area contributed by atoms with Gasteiger partial charge >= 0.3 is 15.5 Å². The van der Waals surface area contributed by atoms with Crippen molar-refractivity contribution >= 4 is 10.0 Å². The van der Waals surface area contributed by atoms with E-state index in [0.29, 0.717) is 30.4 Å². The Hall–Kier alpha value is -1.23. The lowest BCUT2D eigenvalue weighted by Gasteiger charge is -2.52. The molecule has 0 radical (unpaired) electrons. The van der Waals surface area contributed by atoms with Crippen molar-refractivity contribution in [2.24, 2.45) is 0 Å². The van der Waals surface area contributed by atoms with Crippen LogP contribution < -0.4 is 0 Å². The molecule has 10 heteroatoms. The van der Waals surface area contributed by atoms with Gasteiger partial charge in [-0.05, 0) is 18.1 Å². The third kappa shape index (κ3) is 3.41. The third-order valence-electron chi connectivity index (χ3n) is 4.22. The van der Waals surface area contributed by atoms with E-state index in [1.807, 2.05) is 6.07 Å². The fourth-order valence-electron chi connectivity index (χ4n) is 2.96. The van der Waals surface area contributed by atoms with Crippen LogP contribution in [0.3, 0.4) is 0 Å². The van der Waals surface area contributed by atoms with Gasteiger partial charge in [0.05, 0.1) is 18.3 Å². The van der Waals surface area contributed by atoms with E-state index in [2.05, 4.69) is 4.98 Å². The molecular formula is C14H17F3N2O4S. The largest absolute Gasteiger partial charge is 0.511 e. The minimum Gasteiger partial charge on any atom is -0.373 e. The first-order chi connectivity index (χ1) is 11.2. The summed E-state index contributed by atoms with van der Waals surface area (Å²) in [5, 5.41) is 0. The molecule has 2 saturated heterocycles. The molecule has 1 spiro atoms. The second-order valence-electron chi connectivity index (χ2n) is 6.04. The Morgan fingerprint density at radius 1 is 1.42 bits per heavy atom. The number of rotatable bonds is 4. The maximum Gasteiger partial charge on any atom is 0.511 e. The smallest absolute Gasteiger partial charge is 0.373 e. The van der Waals surface area contributed by atoms with Crippen LogP contribution in [-0.2, 0) is 26.1 Å². The third-order valence-corrected chi connectivity index (χ3v) is 5.74. The van der Waals surface area contributed by atoms with Crippen molar-refractivity contribution in [3.63, 3.8) is 0 Å². The van der Waals surface area contributed by atoms with E-state index in [0.717, 1.165) is 5.56 Å². The van der Waals surface area contributed by atoms with Gasteiger partial charge in [-0.25, -0.2) is 8.42 Å². The molecule has 3 rings (SSSR count). The lowest BCUT2D eigenvalue weighted by atomic mass is 9.86. The molecule has 134 valence electrons. The van der Waals surface area contributed by atoms with Crippen LogP contribution in [0.25, 0.3) is 0 Å². The Morgan fingerprint density at radius 2 is 2.17 bits per heavy atom. The van der Waals surface area contributed by atoms with Gasteiger partial charge in [0.25, 0.3) is 0 Å². The number of alkyl halides is 3. The molecule has 0 aromatic carbocycles. The number of ether oxygens (including phenoxy) is 2. The Morgan fingerprint density at radius 3 is 2.79 bits per heavy atom. The summed E-state index contributed by atoms with van der Waals surface area (Å²) >= 11 is 0. The number of halogens is 3. The predicted molar refractivity (Wildman–Crippen MR) is 77.3 cm³/mol. The quantitative estimate of drug-likeness (QED) is 0.811. The highest BCUT2D eigenvalue weighted by Gasteiger charge is 2.59. The van der Waals surface area contributed by atoms with Gasteiger partial charge in [-0.3, -0.25) is 4.98 Å². The van der Waals surface area contributed by atoms with Crippen molar-refractivity contribution < 1.29 is 31.1 Å². The number of aromatic nitrogens is 1. The van der Waals surface area contributed by atoms with Gasteiger partial charge in [-0.1, -0.05) is 6.07 Å². The van der Waals surface area contributed by atoms with Crippen molar-refractivity contribution in [1.29, 1.82) is 0 Å². The number of hydrogen-bond donors (Lipinski definition) is 0. The Labute approximate surface area is 137 Å². The molecule has 0 N–H and O–H groups in total. The van der Waals surface area contributed by atoms with Gasteiger partial charge in [0.15, 0.2) is 0 Å². The van der Waals surface area contributed by atoms with Gasteiger partial charge in [0, 0.05) is 38.5 Å². The maximum atomic E-state index is 12.5. The van der Waals surface area contributed by atoms with Crippen molar-refractivity contribution in [2.75, 3.05) is 19.7 Å². The summed E-state index contributed by atoms with van der Waals surface area (Å²) in [5.74, 6) is 0. The molecule has 2 aliphatic heterocycles. The highest BCUT2D eigenvalue weighted by Crippen LogP contribution is 2.40. The highest BCUT2D eigenvalue weighted by atomic mass is 32.2. The summed E-state index contributed by atoms with van der Waals surface area (Å²) in [6.07, 6.45) is 4.13. The Kier molecular flexibility index (Phi) is 4.58. The Bertz CT molecular complexity index is 675. The summed E-state index contributed by atoms with van der Waals surface area (Å²) in [4.78, 5) is 3.98. The average molecular weight is 366 g/mol. The van der Waals surface area contributed by atoms with Crippen molar-refractivity contribution in [2.45, 2.75) is 36.7 Å². The van der Waals surface area contributed by atoms with Crippen LogP contribution in [0, 0.1) is 0 Å². The standard InChI is InChI=1S/C14H17F3N2O4S/c15-14(16,17)24(20,21)19-9-13(10-19)6-12(3-5-23-13)22-8-11-2-1-4-18-7-11/h1-2,4,7,12H,3,5-6,8-10H2. The Balaban J connectivity index is 1.56. The number of hydrogen-bond acceptors (Lipinski definition) is 5. The van der Waals surface area contributed by atoms with E-state index in [-0.39, 0.29) is 19.2 Å². The van der Waals surface area contributed by atoms with E-state index in [1.54, 1.807) is 18.5 Å². The first-order valence-electron chi connectivity index (χ1n) is 7.43. The molecule has 0 saturated carbocycles. The van der Waals surface area contributed by atoms with Crippen molar-refractivity contribution in [3.05, 3.63) is 30.1 Å². The maximum absolute atomic E-state index is 12.5. The van der Waals surface area contributed by atoms with E-state index in [9.17, 15) is 21.6 Å². The number of nitrogens with zero attached hydrogens (tertiary/aromatic N) is 2. The zero-order valence-corrected chi connectivity index (χ0v) is 13.5. The molecule has 24 heavy (non-hydrogen) atoms. The van der Waals surface area contributed by atoms with E-state index in [4.69, 9.17) is 9.47 Å². The summed E-state index contributed by atoms with van der Waals surface area (Å²) in [6.45, 7) is 0.0972. The van der Waals surface area contributed by atoms with Crippen LogP contribution in [0.15, 0.2) is 24.5 Å². The van der Waals surface area contributed by atoms with Gasteiger partial charge in [-0.15, -0.1) is 0 Å². The second-order valence-corrected chi connectivity index (χ2v) is 7.97. The second kappa shape index (κ2) is 6.25. The van der Waals surface area contributed by atoms with E-state index < -0.39 is 21.1 Å². The lowest BCUT2D eigenvalue weighted by molar-refractivity contribution is -0.183. The molecule has 1 aromatic heterocycles. The fraction of sp³-hybridized carbons (Fsp3) is 0.643. The predicted octanol–water partition coefficient (Wildman–Crippen LogP) is 1.68. The number of sulfonamides is 1. The summed E-state index contributed by atoms with van der Waals surface area (Å²) < 4.78 is 72.1. The highest BCUT2D eigenvalue weighted by molar-refractivity contribution is 7.90. The molecule has 0 amide bonds. The molecule has 1 unspecified atom stereocenters. The minimum absolute atomic E-state index is 0.185.